The predicted octanol–water partition coefficient (Wildman–Crippen LogP) is 4.00. The summed E-state index contributed by atoms with van der Waals surface area (Å²) in [5.41, 5.74) is 1.29. The summed E-state index contributed by atoms with van der Waals surface area (Å²) in [6.45, 7) is 5.49. The van der Waals surface area contributed by atoms with Crippen LogP contribution in [0.4, 0.5) is 4.79 Å². The largest absolute Gasteiger partial charge is 0.347 e. The van der Waals surface area contributed by atoms with Crippen molar-refractivity contribution in [1.82, 2.24) is 9.96 Å². The molecular formula is C21H32N2O3. The third-order valence-electron chi connectivity index (χ3n) is 8.27. The van der Waals surface area contributed by atoms with E-state index in [1.165, 1.54) is 44.3 Å². The number of piperidine rings is 1. The molecule has 144 valence electrons. The van der Waals surface area contributed by atoms with Gasteiger partial charge in [0.25, 0.3) is 0 Å². The van der Waals surface area contributed by atoms with Crippen molar-refractivity contribution in [3.63, 3.8) is 0 Å². The van der Waals surface area contributed by atoms with Crippen molar-refractivity contribution in [2.45, 2.75) is 58.8 Å². The lowest BCUT2D eigenvalue weighted by Crippen LogP contribution is -2.59. The second kappa shape index (κ2) is 6.08. The fourth-order valence-electron chi connectivity index (χ4n) is 6.73. The van der Waals surface area contributed by atoms with Crippen LogP contribution in [-0.2, 0) is 9.63 Å². The third kappa shape index (κ3) is 2.46. The Morgan fingerprint density at radius 2 is 2.00 bits per heavy atom. The molecule has 0 bridgehead atoms. The number of hydrogen-bond donors (Lipinski definition) is 0. The first-order valence-electron chi connectivity index (χ1n) is 10.1. The van der Waals surface area contributed by atoms with E-state index in [4.69, 9.17) is 4.84 Å². The number of likely N-dealkylation sites (tertiary alicyclic amines) is 1. The van der Waals surface area contributed by atoms with E-state index in [0.717, 1.165) is 18.7 Å². The van der Waals surface area contributed by atoms with Crippen molar-refractivity contribution >= 4 is 11.8 Å². The van der Waals surface area contributed by atoms with Gasteiger partial charge in [0.1, 0.15) is 0 Å². The first kappa shape index (κ1) is 18.0. The molecule has 1 saturated heterocycles. The van der Waals surface area contributed by atoms with Crippen LogP contribution < -0.4 is 0 Å². The van der Waals surface area contributed by atoms with E-state index in [1.54, 1.807) is 13.1 Å². The van der Waals surface area contributed by atoms with Gasteiger partial charge in [-0.1, -0.05) is 20.3 Å². The highest BCUT2D eigenvalue weighted by Gasteiger charge is 2.59. The lowest BCUT2D eigenvalue weighted by Gasteiger charge is -2.59. The molecule has 5 heteroatoms. The average molecular weight is 360 g/mol. The van der Waals surface area contributed by atoms with Gasteiger partial charge < -0.3 is 0 Å². The number of hydroxylamine groups is 2. The Labute approximate surface area is 156 Å². The Hall–Kier alpha value is -1.36. The van der Waals surface area contributed by atoms with Crippen LogP contribution in [0.2, 0.25) is 0 Å². The maximum atomic E-state index is 13.1. The van der Waals surface area contributed by atoms with Crippen molar-refractivity contribution in [3.8, 4) is 0 Å². The van der Waals surface area contributed by atoms with E-state index in [-0.39, 0.29) is 17.2 Å². The quantitative estimate of drug-likeness (QED) is 0.664. The summed E-state index contributed by atoms with van der Waals surface area (Å²) >= 11 is 0. The lowest BCUT2D eigenvalue weighted by molar-refractivity contribution is -0.120. The maximum Gasteiger partial charge on any atom is 0.347 e. The Balaban J connectivity index is 1.76. The number of nitrogens with zero attached hydrogens (tertiary/aromatic N) is 2. The molecule has 3 fully saturated rings. The number of rotatable bonds is 1. The van der Waals surface area contributed by atoms with Crippen LogP contribution in [0.1, 0.15) is 58.8 Å². The molecule has 0 radical (unpaired) electrons. The van der Waals surface area contributed by atoms with E-state index < -0.39 is 0 Å². The molecule has 5 atom stereocenters. The Kier molecular flexibility index (Phi) is 4.22. The van der Waals surface area contributed by atoms with Gasteiger partial charge in [0, 0.05) is 37.2 Å². The fourth-order valence-corrected chi connectivity index (χ4v) is 6.73. The van der Waals surface area contributed by atoms with Gasteiger partial charge >= 0.3 is 6.03 Å². The SMILES string of the molecule is CON(C)C(=O)N1C[C@H]2[C@@H]3CCC[C@@]3(C)CC[C@@H]2[C@@]2(C)CCC(=O)C=C12. The molecule has 0 unspecified atom stereocenters. The Bertz CT molecular complexity index is 660. The second-order valence-corrected chi connectivity index (χ2v) is 9.45. The van der Waals surface area contributed by atoms with Gasteiger partial charge in [-0.2, -0.15) is 0 Å². The average Bonchev–Trinajstić information content (AvgIpc) is 3.02. The molecule has 26 heavy (non-hydrogen) atoms. The van der Waals surface area contributed by atoms with Gasteiger partial charge in [-0.25, -0.2) is 9.86 Å². The van der Waals surface area contributed by atoms with Gasteiger partial charge in [-0.05, 0) is 55.3 Å². The summed E-state index contributed by atoms with van der Waals surface area (Å²) in [5, 5.41) is 1.29. The number of carbonyl (C=O) groups is 2. The van der Waals surface area contributed by atoms with E-state index in [1.807, 2.05) is 4.90 Å². The van der Waals surface area contributed by atoms with Crippen LogP contribution in [0, 0.1) is 28.6 Å². The molecule has 0 N–H and O–H groups in total. The Morgan fingerprint density at radius 3 is 2.73 bits per heavy atom. The van der Waals surface area contributed by atoms with Crippen molar-refractivity contribution in [1.29, 1.82) is 0 Å². The molecule has 1 aliphatic heterocycles. The molecule has 0 aromatic carbocycles. The zero-order chi connectivity index (χ0) is 18.7. The van der Waals surface area contributed by atoms with Crippen LogP contribution in [0.3, 0.4) is 0 Å². The van der Waals surface area contributed by atoms with Crippen LogP contribution in [0.25, 0.3) is 0 Å². The fraction of sp³-hybridized carbons (Fsp3) is 0.810. The van der Waals surface area contributed by atoms with Crippen molar-refractivity contribution in [3.05, 3.63) is 11.8 Å². The number of urea groups is 1. The number of fused-ring (bicyclic) bond motifs is 5. The first-order chi connectivity index (χ1) is 12.3. The summed E-state index contributed by atoms with van der Waals surface area (Å²) in [6, 6.07) is -0.150. The lowest BCUT2D eigenvalue weighted by atomic mass is 9.50. The maximum absolute atomic E-state index is 13.1. The molecule has 0 spiro atoms. The van der Waals surface area contributed by atoms with Gasteiger partial charge in [0.2, 0.25) is 0 Å². The van der Waals surface area contributed by atoms with Gasteiger partial charge in [0.05, 0.1) is 7.11 Å². The summed E-state index contributed by atoms with van der Waals surface area (Å²) in [5.74, 6) is 1.95. The minimum atomic E-state index is -0.150. The molecule has 0 aromatic heterocycles. The number of allylic oxidation sites excluding steroid dienone is 2. The van der Waals surface area contributed by atoms with E-state index in [9.17, 15) is 9.59 Å². The van der Waals surface area contributed by atoms with Gasteiger partial charge in [-0.3, -0.25) is 14.5 Å². The van der Waals surface area contributed by atoms with Crippen molar-refractivity contribution < 1.29 is 14.4 Å². The molecule has 2 amide bonds. The Morgan fingerprint density at radius 1 is 1.23 bits per heavy atom. The summed E-state index contributed by atoms with van der Waals surface area (Å²) in [4.78, 5) is 32.3. The summed E-state index contributed by atoms with van der Waals surface area (Å²) in [7, 11) is 3.16. The highest BCUT2D eigenvalue weighted by molar-refractivity contribution is 5.92. The minimum absolute atomic E-state index is 0.0784. The van der Waals surface area contributed by atoms with Crippen LogP contribution in [-0.4, -0.2) is 42.5 Å². The molecule has 3 aliphatic carbocycles. The number of amides is 2. The molecule has 0 aromatic rings. The number of carbonyl (C=O) groups excluding carboxylic acids is 2. The van der Waals surface area contributed by atoms with E-state index >= 15 is 0 Å². The third-order valence-corrected chi connectivity index (χ3v) is 8.27. The highest BCUT2D eigenvalue weighted by Crippen LogP contribution is 2.63. The smallest absolute Gasteiger partial charge is 0.295 e. The van der Waals surface area contributed by atoms with Gasteiger partial charge in [0.15, 0.2) is 5.78 Å². The number of ketones is 1. The van der Waals surface area contributed by atoms with Crippen molar-refractivity contribution in [2.24, 2.45) is 28.6 Å². The van der Waals surface area contributed by atoms with Crippen molar-refractivity contribution in [2.75, 3.05) is 20.7 Å². The van der Waals surface area contributed by atoms with Crippen LogP contribution in [0.15, 0.2) is 11.8 Å². The molecule has 4 aliphatic rings. The van der Waals surface area contributed by atoms with Crippen LogP contribution in [0.5, 0.6) is 0 Å². The molecule has 2 saturated carbocycles. The standard InChI is InChI=1S/C21H32N2O3/c1-20-9-5-6-16(20)15-13-23(19(25)22(3)26-4)18-12-14(24)7-11-21(18,2)17(15)8-10-20/h12,15-17H,5-11,13H2,1-4H3/t15-,16-,17-,20-,21+/m0/s1. The van der Waals surface area contributed by atoms with E-state index in [0.29, 0.717) is 29.6 Å². The van der Waals surface area contributed by atoms with Crippen LogP contribution >= 0.6 is 0 Å². The zero-order valence-corrected chi connectivity index (χ0v) is 16.6. The monoisotopic (exact) mass is 360 g/mol. The molecule has 4 rings (SSSR count). The topological polar surface area (TPSA) is 49.9 Å². The zero-order valence-electron chi connectivity index (χ0n) is 16.6. The van der Waals surface area contributed by atoms with Gasteiger partial charge in [-0.15, -0.1) is 0 Å². The summed E-state index contributed by atoms with van der Waals surface area (Å²) in [6.07, 6.45) is 9.66. The highest BCUT2D eigenvalue weighted by atomic mass is 16.7. The summed E-state index contributed by atoms with van der Waals surface area (Å²) < 4.78 is 0. The second-order valence-electron chi connectivity index (χ2n) is 9.45. The van der Waals surface area contributed by atoms with E-state index in [2.05, 4.69) is 13.8 Å². The molecule has 5 nitrogen and oxygen atoms in total. The predicted molar refractivity (Wildman–Crippen MR) is 99.0 cm³/mol. The minimum Gasteiger partial charge on any atom is -0.295 e. The molecular weight excluding hydrogens is 328 g/mol. The normalized spacial score (nSPS) is 41.8. The number of hydrogen-bond acceptors (Lipinski definition) is 3. The first-order valence-corrected chi connectivity index (χ1v) is 10.1. The molecule has 1 heterocycles.